The largest absolute Gasteiger partial charge is 0.357 e. The Hall–Kier alpha value is -2.41. The summed E-state index contributed by atoms with van der Waals surface area (Å²) in [5.41, 5.74) is 2.50. The summed E-state index contributed by atoms with van der Waals surface area (Å²) in [7, 11) is 1.45. The van der Waals surface area contributed by atoms with Crippen LogP contribution in [-0.2, 0) is 14.4 Å². The highest BCUT2D eigenvalue weighted by Gasteiger charge is 2.07. The number of hydroxylamine groups is 1. The predicted octanol–water partition coefficient (Wildman–Crippen LogP) is -0.790. The molecular weight excluding hydrogens is 250 g/mol. The number of rotatable bonds is 6. The van der Waals surface area contributed by atoms with Crippen LogP contribution in [0, 0.1) is 0 Å². The molecule has 0 aliphatic rings. The Morgan fingerprint density at radius 2 is 1.79 bits per heavy atom. The van der Waals surface area contributed by atoms with E-state index in [1.807, 2.05) is 5.48 Å². The Bertz CT molecular complexity index is 448. The lowest BCUT2D eigenvalue weighted by molar-refractivity contribution is -0.138. The fourth-order valence-electron chi connectivity index (χ4n) is 1.14. The van der Waals surface area contributed by atoms with Crippen molar-refractivity contribution in [2.75, 3.05) is 20.2 Å². The second kappa shape index (κ2) is 7.83. The Morgan fingerprint density at radius 3 is 2.42 bits per heavy atom. The van der Waals surface area contributed by atoms with E-state index in [1.54, 1.807) is 30.3 Å². The Labute approximate surface area is 110 Å². The summed E-state index contributed by atoms with van der Waals surface area (Å²) in [5.74, 6) is -1.27. The van der Waals surface area contributed by atoms with Gasteiger partial charge in [-0.15, -0.1) is 0 Å². The van der Waals surface area contributed by atoms with Gasteiger partial charge < -0.3 is 10.6 Å². The molecule has 1 aromatic carbocycles. The molecule has 1 aromatic rings. The molecule has 3 N–H and O–H groups in total. The molecule has 0 spiro atoms. The van der Waals surface area contributed by atoms with Gasteiger partial charge in [0.15, 0.2) is 6.61 Å². The van der Waals surface area contributed by atoms with Crippen LogP contribution in [0.1, 0.15) is 10.4 Å². The monoisotopic (exact) mass is 265 g/mol. The fraction of sp³-hybridized carbons (Fsp3) is 0.250. The summed E-state index contributed by atoms with van der Waals surface area (Å²) in [6.45, 7) is -0.518. The summed E-state index contributed by atoms with van der Waals surface area (Å²) in [5, 5.41) is 4.74. The van der Waals surface area contributed by atoms with E-state index in [4.69, 9.17) is 0 Å². The van der Waals surface area contributed by atoms with Crippen molar-refractivity contribution in [1.29, 1.82) is 0 Å². The molecule has 0 radical (unpaired) electrons. The quantitative estimate of drug-likeness (QED) is 0.587. The Morgan fingerprint density at radius 1 is 1.11 bits per heavy atom. The lowest BCUT2D eigenvalue weighted by Crippen LogP contribution is -2.38. The van der Waals surface area contributed by atoms with Crippen molar-refractivity contribution in [3.63, 3.8) is 0 Å². The standard InChI is InChI=1S/C12H15N3O4/c1-13-11(17)8-19-15-10(16)7-14-12(18)9-5-3-2-4-6-9/h2-6H,7-8H2,1H3,(H,13,17)(H,14,18)(H,15,16). The molecule has 0 atom stereocenters. The SMILES string of the molecule is CNC(=O)CONC(=O)CNC(=O)c1ccccc1. The minimum Gasteiger partial charge on any atom is -0.357 e. The third-order valence-electron chi connectivity index (χ3n) is 2.11. The first-order valence-electron chi connectivity index (χ1n) is 5.58. The van der Waals surface area contributed by atoms with Crippen molar-refractivity contribution in [3.05, 3.63) is 35.9 Å². The zero-order valence-electron chi connectivity index (χ0n) is 10.4. The highest BCUT2D eigenvalue weighted by atomic mass is 16.7. The predicted molar refractivity (Wildman–Crippen MR) is 66.9 cm³/mol. The number of carbonyl (C=O) groups is 3. The number of hydrogen-bond acceptors (Lipinski definition) is 4. The molecular formula is C12H15N3O4. The van der Waals surface area contributed by atoms with Gasteiger partial charge in [-0.25, -0.2) is 5.48 Å². The molecule has 0 saturated heterocycles. The van der Waals surface area contributed by atoms with E-state index in [9.17, 15) is 14.4 Å². The third kappa shape index (κ3) is 5.64. The van der Waals surface area contributed by atoms with Gasteiger partial charge in [-0.2, -0.15) is 0 Å². The summed E-state index contributed by atoms with van der Waals surface area (Å²) < 4.78 is 0. The van der Waals surface area contributed by atoms with E-state index in [1.165, 1.54) is 7.05 Å². The van der Waals surface area contributed by atoms with E-state index in [0.29, 0.717) is 5.56 Å². The first kappa shape index (κ1) is 14.7. The van der Waals surface area contributed by atoms with Crippen LogP contribution in [-0.4, -0.2) is 37.9 Å². The van der Waals surface area contributed by atoms with Crippen molar-refractivity contribution in [2.24, 2.45) is 0 Å². The topological polar surface area (TPSA) is 96.5 Å². The molecule has 0 unspecified atom stereocenters. The summed E-state index contributed by atoms with van der Waals surface area (Å²) in [6.07, 6.45) is 0. The van der Waals surface area contributed by atoms with Crippen LogP contribution in [0.2, 0.25) is 0 Å². The lowest BCUT2D eigenvalue weighted by Gasteiger charge is -2.06. The van der Waals surface area contributed by atoms with Gasteiger partial charge in [0, 0.05) is 12.6 Å². The molecule has 7 heteroatoms. The van der Waals surface area contributed by atoms with Gasteiger partial charge in [0.2, 0.25) is 5.91 Å². The third-order valence-corrected chi connectivity index (χ3v) is 2.11. The number of nitrogens with one attached hydrogen (secondary N) is 3. The van der Waals surface area contributed by atoms with Gasteiger partial charge >= 0.3 is 0 Å². The van der Waals surface area contributed by atoms with Crippen LogP contribution in [0.15, 0.2) is 30.3 Å². The molecule has 102 valence electrons. The number of amides is 3. The van der Waals surface area contributed by atoms with E-state index in [2.05, 4.69) is 15.5 Å². The molecule has 0 aromatic heterocycles. The maximum atomic E-state index is 11.6. The van der Waals surface area contributed by atoms with Gasteiger partial charge in [-0.3, -0.25) is 19.2 Å². The maximum Gasteiger partial charge on any atom is 0.262 e. The van der Waals surface area contributed by atoms with Crippen LogP contribution >= 0.6 is 0 Å². The van der Waals surface area contributed by atoms with E-state index in [-0.39, 0.29) is 25.0 Å². The normalized spacial score (nSPS) is 9.53. The summed E-state index contributed by atoms with van der Waals surface area (Å²) in [4.78, 5) is 38.3. The minimum atomic E-state index is -0.548. The average molecular weight is 265 g/mol. The van der Waals surface area contributed by atoms with E-state index >= 15 is 0 Å². The second-order valence-electron chi connectivity index (χ2n) is 3.54. The highest BCUT2D eigenvalue weighted by Crippen LogP contribution is 1.96. The summed E-state index contributed by atoms with van der Waals surface area (Å²) >= 11 is 0. The van der Waals surface area contributed by atoms with Crippen molar-refractivity contribution in [1.82, 2.24) is 16.1 Å². The van der Waals surface area contributed by atoms with Gasteiger partial charge in [-0.1, -0.05) is 18.2 Å². The minimum absolute atomic E-state index is 0.235. The van der Waals surface area contributed by atoms with E-state index < -0.39 is 5.91 Å². The molecule has 0 fully saturated rings. The van der Waals surface area contributed by atoms with Gasteiger partial charge in [-0.05, 0) is 12.1 Å². The molecule has 0 saturated carbocycles. The smallest absolute Gasteiger partial charge is 0.262 e. The van der Waals surface area contributed by atoms with E-state index in [0.717, 1.165) is 0 Å². The molecule has 7 nitrogen and oxygen atoms in total. The Kier molecular flexibility index (Phi) is 6.04. The maximum absolute atomic E-state index is 11.6. The number of benzene rings is 1. The molecule has 0 heterocycles. The van der Waals surface area contributed by atoms with Crippen LogP contribution in [0.25, 0.3) is 0 Å². The van der Waals surface area contributed by atoms with Crippen molar-refractivity contribution in [3.8, 4) is 0 Å². The molecule has 0 bridgehead atoms. The van der Waals surface area contributed by atoms with Gasteiger partial charge in [0.25, 0.3) is 11.8 Å². The molecule has 3 amide bonds. The number of likely N-dealkylation sites (N-methyl/N-ethyl adjacent to an activating group) is 1. The second-order valence-corrected chi connectivity index (χ2v) is 3.54. The van der Waals surface area contributed by atoms with Crippen molar-refractivity contribution < 1.29 is 19.2 Å². The fourth-order valence-corrected chi connectivity index (χ4v) is 1.14. The number of hydrogen-bond donors (Lipinski definition) is 3. The van der Waals surface area contributed by atoms with Gasteiger partial charge in [0.05, 0.1) is 6.54 Å². The average Bonchev–Trinajstić information content (AvgIpc) is 2.45. The van der Waals surface area contributed by atoms with Gasteiger partial charge in [0.1, 0.15) is 0 Å². The molecule has 1 rings (SSSR count). The van der Waals surface area contributed by atoms with Crippen LogP contribution in [0.4, 0.5) is 0 Å². The van der Waals surface area contributed by atoms with Crippen LogP contribution in [0.5, 0.6) is 0 Å². The molecule has 0 aliphatic carbocycles. The van der Waals surface area contributed by atoms with Crippen molar-refractivity contribution in [2.45, 2.75) is 0 Å². The lowest BCUT2D eigenvalue weighted by atomic mass is 10.2. The van der Waals surface area contributed by atoms with Crippen molar-refractivity contribution >= 4 is 17.7 Å². The zero-order valence-corrected chi connectivity index (χ0v) is 10.4. The first-order valence-corrected chi connectivity index (χ1v) is 5.58. The zero-order chi connectivity index (χ0) is 14.1. The first-order chi connectivity index (χ1) is 9.13. The molecule has 19 heavy (non-hydrogen) atoms. The molecule has 0 aliphatic heterocycles. The van der Waals surface area contributed by atoms with Crippen LogP contribution in [0.3, 0.4) is 0 Å². The number of carbonyl (C=O) groups excluding carboxylic acids is 3. The highest BCUT2D eigenvalue weighted by molar-refractivity contribution is 5.96. The summed E-state index contributed by atoms with van der Waals surface area (Å²) in [6, 6.07) is 8.50. The van der Waals surface area contributed by atoms with Crippen LogP contribution < -0.4 is 16.1 Å². The Balaban J connectivity index is 2.23.